The summed E-state index contributed by atoms with van der Waals surface area (Å²) < 4.78 is 12.5. The molecule has 0 fully saturated rings. The first kappa shape index (κ1) is 22.9. The number of carbonyl (C=O) groups is 2. The van der Waals surface area contributed by atoms with Crippen molar-refractivity contribution in [2.45, 2.75) is 37.2 Å². The van der Waals surface area contributed by atoms with Crippen LogP contribution in [0, 0.1) is 0 Å². The third-order valence-corrected chi connectivity index (χ3v) is 6.18. The molecule has 0 saturated carbocycles. The summed E-state index contributed by atoms with van der Waals surface area (Å²) in [6.07, 6.45) is 0.0573. The number of fused-ring (bicyclic) bond motifs is 1. The highest BCUT2D eigenvalue weighted by atomic mass is 35.5. The third kappa shape index (κ3) is 5.58. The van der Waals surface area contributed by atoms with E-state index in [9.17, 15) is 9.59 Å². The van der Waals surface area contributed by atoms with Crippen molar-refractivity contribution in [1.29, 1.82) is 0 Å². The molecule has 1 aliphatic heterocycles. The van der Waals surface area contributed by atoms with Crippen LogP contribution in [0.5, 0.6) is 11.5 Å². The molecule has 0 spiro atoms. The summed E-state index contributed by atoms with van der Waals surface area (Å²) in [5.74, 6) is 1.37. The number of anilines is 2. The van der Waals surface area contributed by atoms with E-state index in [4.69, 9.17) is 21.1 Å². The summed E-state index contributed by atoms with van der Waals surface area (Å²) >= 11 is 7.15. The molecule has 33 heavy (non-hydrogen) atoms. The highest BCUT2D eigenvalue weighted by Gasteiger charge is 2.22. The molecule has 172 valence electrons. The number of hydrogen-bond donors (Lipinski definition) is 2. The van der Waals surface area contributed by atoms with Crippen LogP contribution in [0.3, 0.4) is 0 Å². The van der Waals surface area contributed by atoms with Gasteiger partial charge in [-0.15, -0.1) is 10.2 Å². The summed E-state index contributed by atoms with van der Waals surface area (Å²) in [6.45, 7) is 4.46. The van der Waals surface area contributed by atoms with Crippen molar-refractivity contribution in [2.75, 3.05) is 17.4 Å². The topological polar surface area (TPSA) is 107 Å². The average Bonchev–Trinajstić information content (AvgIpc) is 3.41. The zero-order chi connectivity index (χ0) is 23.4. The molecule has 11 heteroatoms. The van der Waals surface area contributed by atoms with E-state index in [1.807, 2.05) is 11.5 Å². The van der Waals surface area contributed by atoms with E-state index >= 15 is 0 Å². The Labute approximate surface area is 199 Å². The van der Waals surface area contributed by atoms with Crippen molar-refractivity contribution >= 4 is 46.6 Å². The van der Waals surface area contributed by atoms with Crippen LogP contribution < -0.4 is 20.1 Å². The predicted octanol–water partition coefficient (Wildman–Crippen LogP) is 3.98. The van der Waals surface area contributed by atoms with E-state index < -0.39 is 5.25 Å². The molecule has 9 nitrogen and oxygen atoms in total. The lowest BCUT2D eigenvalue weighted by Gasteiger charge is -2.13. The quantitative estimate of drug-likeness (QED) is 0.463. The molecule has 2 heterocycles. The number of aromatic nitrogens is 3. The zero-order valence-corrected chi connectivity index (χ0v) is 19.6. The second-order valence-corrected chi connectivity index (χ2v) is 8.94. The Kier molecular flexibility index (Phi) is 7.05. The molecule has 0 radical (unpaired) electrons. The average molecular weight is 488 g/mol. The van der Waals surface area contributed by atoms with Gasteiger partial charge in [0, 0.05) is 29.0 Å². The van der Waals surface area contributed by atoms with E-state index in [2.05, 4.69) is 20.8 Å². The Bertz CT molecular complexity index is 1170. The Balaban J connectivity index is 1.37. The maximum Gasteiger partial charge on any atom is 0.237 e. The molecule has 0 bridgehead atoms. The smallest absolute Gasteiger partial charge is 0.237 e. The first-order valence-electron chi connectivity index (χ1n) is 10.3. The number of ether oxygens (including phenoxy) is 2. The van der Waals surface area contributed by atoms with Crippen LogP contribution in [0.15, 0.2) is 47.6 Å². The molecule has 1 aromatic heterocycles. The number of carbonyl (C=O) groups excluding carboxylic acids is 2. The fourth-order valence-corrected chi connectivity index (χ4v) is 4.22. The standard InChI is InChI=1S/C22H22ClN5O4S/c1-3-28-19(11-20(29)24-15-6-4-14(23)5-7-15)26-27-22(28)33-13(2)21(30)25-16-8-9-17-18(10-16)32-12-31-17/h4-10,13H,3,11-12H2,1-2H3,(H,24,29)(H,25,30)/t13-/m1/s1. The summed E-state index contributed by atoms with van der Waals surface area (Å²) in [5.41, 5.74) is 1.27. The zero-order valence-electron chi connectivity index (χ0n) is 18.0. The van der Waals surface area contributed by atoms with Crippen LogP contribution in [-0.4, -0.2) is 38.6 Å². The summed E-state index contributed by atoms with van der Waals surface area (Å²) in [6, 6.07) is 12.1. The molecule has 0 saturated heterocycles. The molecule has 2 N–H and O–H groups in total. The SMILES string of the molecule is CCn1c(CC(=O)Nc2ccc(Cl)cc2)nnc1S[C@H](C)C(=O)Nc1ccc2c(c1)OCO2. The van der Waals surface area contributed by atoms with Crippen LogP contribution in [0.2, 0.25) is 5.02 Å². The fraction of sp³-hybridized carbons (Fsp3) is 0.273. The maximum absolute atomic E-state index is 12.7. The third-order valence-electron chi connectivity index (χ3n) is 4.85. The van der Waals surface area contributed by atoms with Crippen LogP contribution in [0.25, 0.3) is 0 Å². The van der Waals surface area contributed by atoms with Crippen LogP contribution in [0.4, 0.5) is 11.4 Å². The van der Waals surface area contributed by atoms with Crippen molar-refractivity contribution in [3.8, 4) is 11.5 Å². The molecular formula is C22H22ClN5O4S. The van der Waals surface area contributed by atoms with Crippen molar-refractivity contribution in [3.63, 3.8) is 0 Å². The molecule has 2 aromatic carbocycles. The minimum atomic E-state index is -0.444. The van der Waals surface area contributed by atoms with E-state index in [1.165, 1.54) is 11.8 Å². The van der Waals surface area contributed by atoms with Gasteiger partial charge in [0.1, 0.15) is 5.82 Å². The van der Waals surface area contributed by atoms with Crippen LogP contribution in [0.1, 0.15) is 19.7 Å². The maximum atomic E-state index is 12.7. The lowest BCUT2D eigenvalue weighted by Crippen LogP contribution is -2.23. The molecular weight excluding hydrogens is 466 g/mol. The number of amides is 2. The highest BCUT2D eigenvalue weighted by Crippen LogP contribution is 2.34. The van der Waals surface area contributed by atoms with Gasteiger partial charge in [0.15, 0.2) is 16.7 Å². The molecule has 1 aliphatic rings. The monoisotopic (exact) mass is 487 g/mol. The fourth-order valence-electron chi connectivity index (χ4n) is 3.17. The molecule has 4 rings (SSSR count). The van der Waals surface area contributed by atoms with E-state index in [0.717, 1.165) is 0 Å². The van der Waals surface area contributed by atoms with Gasteiger partial charge in [-0.2, -0.15) is 0 Å². The molecule has 0 unspecified atom stereocenters. The van der Waals surface area contributed by atoms with E-state index in [-0.39, 0.29) is 25.0 Å². The molecule has 0 aliphatic carbocycles. The first-order chi connectivity index (χ1) is 15.9. The van der Waals surface area contributed by atoms with Gasteiger partial charge < -0.3 is 24.7 Å². The number of hydrogen-bond acceptors (Lipinski definition) is 7. The molecule has 1 atom stereocenters. The van der Waals surface area contributed by atoms with Gasteiger partial charge in [0.25, 0.3) is 0 Å². The number of nitrogens with one attached hydrogen (secondary N) is 2. The van der Waals surface area contributed by atoms with E-state index in [1.54, 1.807) is 49.4 Å². The number of rotatable bonds is 8. The van der Waals surface area contributed by atoms with Gasteiger partial charge in [0.2, 0.25) is 18.6 Å². The number of nitrogens with zero attached hydrogens (tertiary/aromatic N) is 3. The van der Waals surface area contributed by atoms with Crippen molar-refractivity contribution in [2.24, 2.45) is 0 Å². The van der Waals surface area contributed by atoms with Gasteiger partial charge in [-0.3, -0.25) is 9.59 Å². The molecule has 3 aromatic rings. The Morgan fingerprint density at radius 2 is 1.82 bits per heavy atom. The minimum absolute atomic E-state index is 0.0573. The van der Waals surface area contributed by atoms with Crippen molar-refractivity contribution in [1.82, 2.24) is 14.8 Å². The van der Waals surface area contributed by atoms with Gasteiger partial charge in [0.05, 0.1) is 11.7 Å². The minimum Gasteiger partial charge on any atom is -0.454 e. The molecule has 2 amide bonds. The van der Waals surface area contributed by atoms with E-state index in [0.29, 0.717) is 45.4 Å². The van der Waals surface area contributed by atoms with Crippen LogP contribution >= 0.6 is 23.4 Å². The summed E-state index contributed by atoms with van der Waals surface area (Å²) in [4.78, 5) is 25.1. The Hall–Kier alpha value is -3.24. The number of thioether (sulfide) groups is 1. The van der Waals surface area contributed by atoms with Gasteiger partial charge in [-0.1, -0.05) is 23.4 Å². The predicted molar refractivity (Wildman–Crippen MR) is 126 cm³/mol. The normalized spacial score (nSPS) is 12.9. The second-order valence-electron chi connectivity index (χ2n) is 7.19. The lowest BCUT2D eigenvalue weighted by atomic mass is 10.2. The number of benzene rings is 2. The first-order valence-corrected chi connectivity index (χ1v) is 11.5. The van der Waals surface area contributed by atoms with Gasteiger partial charge in [-0.05, 0) is 50.2 Å². The largest absolute Gasteiger partial charge is 0.454 e. The highest BCUT2D eigenvalue weighted by molar-refractivity contribution is 8.00. The van der Waals surface area contributed by atoms with Crippen molar-refractivity contribution in [3.05, 3.63) is 53.3 Å². The Morgan fingerprint density at radius 1 is 1.09 bits per heavy atom. The lowest BCUT2D eigenvalue weighted by molar-refractivity contribution is -0.116. The summed E-state index contributed by atoms with van der Waals surface area (Å²) in [5, 5.41) is 14.8. The second kappa shape index (κ2) is 10.1. The van der Waals surface area contributed by atoms with Gasteiger partial charge >= 0.3 is 0 Å². The Morgan fingerprint density at radius 3 is 2.58 bits per heavy atom. The van der Waals surface area contributed by atoms with Crippen molar-refractivity contribution < 1.29 is 19.1 Å². The van der Waals surface area contributed by atoms with Gasteiger partial charge in [-0.25, -0.2) is 0 Å². The summed E-state index contributed by atoms with van der Waals surface area (Å²) in [7, 11) is 0. The number of halogens is 1. The van der Waals surface area contributed by atoms with Crippen LogP contribution in [-0.2, 0) is 22.6 Å².